The zero-order valence-corrected chi connectivity index (χ0v) is 14.2. The molecule has 3 atom stereocenters. The predicted octanol–water partition coefficient (Wildman–Crippen LogP) is 0.138. The van der Waals surface area contributed by atoms with Gasteiger partial charge in [-0.05, 0) is 24.6 Å². The smallest absolute Gasteiger partial charge is 0.247 e. The van der Waals surface area contributed by atoms with E-state index in [0.29, 0.717) is 10.6 Å². The van der Waals surface area contributed by atoms with Crippen LogP contribution in [-0.4, -0.2) is 46.4 Å². The third-order valence-corrected chi connectivity index (χ3v) is 4.49. The molecule has 4 N–H and O–H groups in total. The molecule has 0 saturated carbocycles. The average molecular weight is 354 g/mol. The molecule has 1 aliphatic heterocycles. The molecule has 3 amide bonds. The first-order chi connectivity index (χ1) is 11.1. The molecule has 1 aromatic rings. The summed E-state index contributed by atoms with van der Waals surface area (Å²) >= 11 is 5.95. The van der Waals surface area contributed by atoms with E-state index in [0.717, 1.165) is 0 Å². The number of nitrogens with one attached hydrogen (secondary N) is 1. The molecule has 1 fully saturated rings. The number of amides is 3. The van der Waals surface area contributed by atoms with Gasteiger partial charge in [-0.3, -0.25) is 14.4 Å². The van der Waals surface area contributed by atoms with Crippen LogP contribution in [-0.2, 0) is 19.9 Å². The SMILES string of the molecule is CC(=O)N1C[C@@H](O)C[C@@H]1C(=O)NC(C)(C(N)=O)c1cccc(Cl)c1. The summed E-state index contributed by atoms with van der Waals surface area (Å²) < 4.78 is 0. The molecule has 1 unspecified atom stereocenters. The number of aliphatic hydroxyl groups is 1. The standard InChI is InChI=1S/C16H20ClN3O4/c1-9(21)20-8-12(22)7-13(20)14(23)19-16(2,15(18)24)10-4-3-5-11(17)6-10/h3-6,12-13,22H,7-8H2,1-2H3,(H2,18,24)(H,19,23)/t12-,13+,16?/m0/s1. The second-order valence-corrected chi connectivity index (χ2v) is 6.50. The number of β-amino-alcohol motifs (C(OH)–C–C–N with tert-alkyl or cyclic N) is 1. The molecule has 0 spiro atoms. The Morgan fingerprint density at radius 2 is 2.08 bits per heavy atom. The maximum absolute atomic E-state index is 12.6. The molecule has 0 bridgehead atoms. The van der Waals surface area contributed by atoms with Crippen LogP contribution in [0.1, 0.15) is 25.8 Å². The Bertz CT molecular complexity index is 681. The zero-order chi connectivity index (χ0) is 18.1. The summed E-state index contributed by atoms with van der Waals surface area (Å²) in [6.07, 6.45) is -0.675. The summed E-state index contributed by atoms with van der Waals surface area (Å²) in [5, 5.41) is 12.8. The molecule has 24 heavy (non-hydrogen) atoms. The monoisotopic (exact) mass is 353 g/mol. The van der Waals surface area contributed by atoms with Crippen molar-refractivity contribution in [1.82, 2.24) is 10.2 Å². The maximum Gasteiger partial charge on any atom is 0.247 e. The first-order valence-corrected chi connectivity index (χ1v) is 7.86. The highest BCUT2D eigenvalue weighted by atomic mass is 35.5. The quantitative estimate of drug-likeness (QED) is 0.714. The molecule has 0 aromatic heterocycles. The fourth-order valence-electron chi connectivity index (χ4n) is 2.82. The van der Waals surface area contributed by atoms with Crippen LogP contribution in [0, 0.1) is 0 Å². The number of primary amides is 1. The maximum atomic E-state index is 12.6. The topological polar surface area (TPSA) is 113 Å². The zero-order valence-electron chi connectivity index (χ0n) is 13.5. The average Bonchev–Trinajstić information content (AvgIpc) is 2.89. The Morgan fingerprint density at radius 1 is 1.42 bits per heavy atom. The van der Waals surface area contributed by atoms with Crippen LogP contribution in [0.3, 0.4) is 0 Å². The molecule has 1 heterocycles. The number of aliphatic hydroxyl groups excluding tert-OH is 1. The third-order valence-electron chi connectivity index (χ3n) is 4.25. The van der Waals surface area contributed by atoms with Crippen molar-refractivity contribution in [1.29, 1.82) is 0 Å². The van der Waals surface area contributed by atoms with Gasteiger partial charge >= 0.3 is 0 Å². The molecule has 8 heteroatoms. The predicted molar refractivity (Wildman–Crippen MR) is 87.9 cm³/mol. The van der Waals surface area contributed by atoms with Gasteiger partial charge in [-0.2, -0.15) is 0 Å². The number of halogens is 1. The summed E-state index contributed by atoms with van der Waals surface area (Å²) in [4.78, 5) is 37.5. The van der Waals surface area contributed by atoms with Crippen molar-refractivity contribution >= 4 is 29.3 Å². The van der Waals surface area contributed by atoms with Gasteiger partial charge in [0, 0.05) is 24.9 Å². The van der Waals surface area contributed by atoms with Crippen molar-refractivity contribution in [3.05, 3.63) is 34.9 Å². The lowest BCUT2D eigenvalue weighted by molar-refractivity contribution is -0.139. The number of hydrogen-bond donors (Lipinski definition) is 3. The molecular formula is C16H20ClN3O4. The Hall–Kier alpha value is -2.12. The number of hydrogen-bond acceptors (Lipinski definition) is 4. The van der Waals surface area contributed by atoms with Crippen LogP contribution < -0.4 is 11.1 Å². The van der Waals surface area contributed by atoms with Crippen molar-refractivity contribution < 1.29 is 19.5 Å². The van der Waals surface area contributed by atoms with E-state index in [9.17, 15) is 19.5 Å². The minimum atomic E-state index is -1.49. The molecular weight excluding hydrogens is 334 g/mol. The van der Waals surface area contributed by atoms with Gasteiger partial charge in [-0.1, -0.05) is 23.7 Å². The lowest BCUT2D eigenvalue weighted by Gasteiger charge is -2.31. The van der Waals surface area contributed by atoms with E-state index in [-0.39, 0.29) is 18.9 Å². The molecule has 130 valence electrons. The van der Waals surface area contributed by atoms with Crippen molar-refractivity contribution in [3.63, 3.8) is 0 Å². The normalized spacial score (nSPS) is 22.8. The van der Waals surface area contributed by atoms with E-state index in [2.05, 4.69) is 5.32 Å². The van der Waals surface area contributed by atoms with Crippen LogP contribution >= 0.6 is 11.6 Å². The highest BCUT2D eigenvalue weighted by Gasteiger charge is 2.42. The summed E-state index contributed by atoms with van der Waals surface area (Å²) in [7, 11) is 0. The van der Waals surface area contributed by atoms with Gasteiger partial charge in [0.05, 0.1) is 6.10 Å². The van der Waals surface area contributed by atoms with E-state index in [1.807, 2.05) is 0 Å². The molecule has 7 nitrogen and oxygen atoms in total. The largest absolute Gasteiger partial charge is 0.391 e. The van der Waals surface area contributed by atoms with Crippen LogP contribution in [0.4, 0.5) is 0 Å². The Balaban J connectivity index is 2.29. The lowest BCUT2D eigenvalue weighted by atomic mass is 9.90. The Morgan fingerprint density at radius 3 is 2.62 bits per heavy atom. The van der Waals surface area contributed by atoms with Crippen LogP contribution in [0.2, 0.25) is 5.02 Å². The lowest BCUT2D eigenvalue weighted by Crippen LogP contribution is -2.57. The number of likely N-dealkylation sites (tertiary alicyclic amines) is 1. The highest BCUT2D eigenvalue weighted by molar-refractivity contribution is 6.30. The summed E-state index contributed by atoms with van der Waals surface area (Å²) in [6.45, 7) is 2.88. The van der Waals surface area contributed by atoms with E-state index < -0.39 is 29.5 Å². The first kappa shape index (κ1) is 18.2. The second-order valence-electron chi connectivity index (χ2n) is 6.07. The van der Waals surface area contributed by atoms with E-state index in [4.69, 9.17) is 17.3 Å². The van der Waals surface area contributed by atoms with Crippen molar-refractivity contribution in [2.24, 2.45) is 5.73 Å². The Labute approximate surface area is 144 Å². The van der Waals surface area contributed by atoms with Crippen LogP contribution in [0.15, 0.2) is 24.3 Å². The van der Waals surface area contributed by atoms with E-state index in [1.54, 1.807) is 24.3 Å². The van der Waals surface area contributed by atoms with Gasteiger partial charge in [0.15, 0.2) is 0 Å². The van der Waals surface area contributed by atoms with Crippen molar-refractivity contribution in [3.8, 4) is 0 Å². The number of benzene rings is 1. The minimum absolute atomic E-state index is 0.0812. The molecule has 0 radical (unpaired) electrons. The summed E-state index contributed by atoms with van der Waals surface area (Å²) in [5.41, 5.74) is 4.44. The molecule has 1 aromatic carbocycles. The van der Waals surface area contributed by atoms with Gasteiger partial charge in [0.2, 0.25) is 17.7 Å². The van der Waals surface area contributed by atoms with Gasteiger partial charge in [-0.25, -0.2) is 0 Å². The minimum Gasteiger partial charge on any atom is -0.391 e. The van der Waals surface area contributed by atoms with E-state index in [1.165, 1.54) is 18.7 Å². The van der Waals surface area contributed by atoms with Crippen molar-refractivity contribution in [2.75, 3.05) is 6.54 Å². The third kappa shape index (κ3) is 3.52. The fraction of sp³-hybridized carbons (Fsp3) is 0.438. The summed E-state index contributed by atoms with van der Waals surface area (Å²) in [5.74, 6) is -1.63. The second kappa shape index (κ2) is 6.78. The van der Waals surface area contributed by atoms with Gasteiger partial charge in [0.1, 0.15) is 11.6 Å². The fourth-order valence-corrected chi connectivity index (χ4v) is 3.01. The number of nitrogens with two attached hydrogens (primary N) is 1. The van der Waals surface area contributed by atoms with E-state index >= 15 is 0 Å². The highest BCUT2D eigenvalue weighted by Crippen LogP contribution is 2.25. The molecule has 1 aliphatic rings. The molecule has 2 rings (SSSR count). The van der Waals surface area contributed by atoms with Gasteiger partial charge in [-0.15, -0.1) is 0 Å². The number of carbonyl (C=O) groups excluding carboxylic acids is 3. The molecule has 0 aliphatic carbocycles. The van der Waals surface area contributed by atoms with Crippen LogP contribution in [0.25, 0.3) is 0 Å². The van der Waals surface area contributed by atoms with Crippen molar-refractivity contribution in [2.45, 2.75) is 38.0 Å². The number of rotatable bonds is 4. The van der Waals surface area contributed by atoms with Crippen LogP contribution in [0.5, 0.6) is 0 Å². The van der Waals surface area contributed by atoms with Gasteiger partial charge < -0.3 is 21.1 Å². The molecule has 1 saturated heterocycles. The number of carbonyl (C=O) groups is 3. The van der Waals surface area contributed by atoms with Gasteiger partial charge in [0.25, 0.3) is 0 Å². The number of nitrogens with zero attached hydrogens (tertiary/aromatic N) is 1. The first-order valence-electron chi connectivity index (χ1n) is 7.48. The summed E-state index contributed by atoms with van der Waals surface area (Å²) in [6, 6.07) is 5.60. The Kier molecular flexibility index (Phi) is 5.15.